The molecule has 19 heavy (non-hydrogen) atoms. The zero-order valence-electron chi connectivity index (χ0n) is 10.3. The van der Waals surface area contributed by atoms with Crippen molar-refractivity contribution in [3.8, 4) is 0 Å². The molecule has 100 valence electrons. The molecule has 1 aromatic carbocycles. The molecule has 0 spiro atoms. The van der Waals surface area contributed by atoms with Crippen LogP contribution in [0.1, 0.15) is 30.3 Å². The summed E-state index contributed by atoms with van der Waals surface area (Å²) in [4.78, 5) is 0. The van der Waals surface area contributed by atoms with Gasteiger partial charge in [0.05, 0.1) is 6.04 Å². The van der Waals surface area contributed by atoms with Crippen LogP contribution in [0.15, 0.2) is 33.9 Å². The van der Waals surface area contributed by atoms with Gasteiger partial charge >= 0.3 is 0 Å². The van der Waals surface area contributed by atoms with Crippen LogP contribution in [0.3, 0.4) is 0 Å². The normalized spacial score (nSPS) is 18.9. The lowest BCUT2D eigenvalue weighted by Gasteiger charge is -2.02. The zero-order chi connectivity index (χ0) is 13.1. The third-order valence-electron chi connectivity index (χ3n) is 3.09. The Bertz CT molecular complexity index is 554. The van der Waals surface area contributed by atoms with Gasteiger partial charge in [0.25, 0.3) is 5.22 Å². The molecule has 0 aliphatic carbocycles. The maximum Gasteiger partial charge on any atom is 0.276 e. The van der Waals surface area contributed by atoms with E-state index in [0.29, 0.717) is 22.4 Å². The average molecular weight is 279 g/mol. The van der Waals surface area contributed by atoms with E-state index in [0.717, 1.165) is 19.4 Å². The lowest BCUT2D eigenvalue weighted by Crippen LogP contribution is -2.12. The number of thioether (sulfide) groups is 1. The van der Waals surface area contributed by atoms with Crippen molar-refractivity contribution in [2.75, 3.05) is 6.54 Å². The molecule has 2 heterocycles. The van der Waals surface area contributed by atoms with E-state index in [1.165, 1.54) is 17.8 Å². The summed E-state index contributed by atoms with van der Waals surface area (Å²) in [6.45, 7) is 0.991. The quantitative estimate of drug-likeness (QED) is 0.872. The van der Waals surface area contributed by atoms with Gasteiger partial charge in [-0.2, -0.15) is 0 Å². The first-order valence-electron chi connectivity index (χ1n) is 6.26. The minimum atomic E-state index is -0.202. The van der Waals surface area contributed by atoms with Crippen molar-refractivity contribution in [2.24, 2.45) is 0 Å². The minimum Gasteiger partial charge on any atom is -0.414 e. The fourth-order valence-corrected chi connectivity index (χ4v) is 2.83. The molecule has 4 nitrogen and oxygen atoms in total. The zero-order valence-corrected chi connectivity index (χ0v) is 11.1. The maximum atomic E-state index is 13.5. The highest BCUT2D eigenvalue weighted by Gasteiger charge is 2.22. The van der Waals surface area contributed by atoms with E-state index in [9.17, 15) is 4.39 Å². The van der Waals surface area contributed by atoms with Gasteiger partial charge in [0.2, 0.25) is 5.89 Å². The van der Waals surface area contributed by atoms with Crippen molar-refractivity contribution >= 4 is 11.8 Å². The third-order valence-corrected chi connectivity index (χ3v) is 3.96. The van der Waals surface area contributed by atoms with Crippen molar-refractivity contribution in [1.82, 2.24) is 15.5 Å². The Kier molecular flexibility index (Phi) is 3.79. The monoisotopic (exact) mass is 279 g/mol. The van der Waals surface area contributed by atoms with Gasteiger partial charge in [-0.05, 0) is 31.0 Å². The van der Waals surface area contributed by atoms with E-state index in [4.69, 9.17) is 4.42 Å². The second kappa shape index (κ2) is 5.71. The van der Waals surface area contributed by atoms with Gasteiger partial charge in [0.1, 0.15) is 5.82 Å². The SMILES string of the molecule is Fc1ccccc1CSc1nnc(C2CCCN2)o1. The summed E-state index contributed by atoms with van der Waals surface area (Å²) in [6, 6.07) is 6.89. The summed E-state index contributed by atoms with van der Waals surface area (Å²) in [6.07, 6.45) is 2.16. The van der Waals surface area contributed by atoms with Gasteiger partial charge in [-0.15, -0.1) is 10.2 Å². The van der Waals surface area contributed by atoms with E-state index in [-0.39, 0.29) is 11.9 Å². The Morgan fingerprint density at radius 1 is 1.37 bits per heavy atom. The summed E-state index contributed by atoms with van der Waals surface area (Å²) < 4.78 is 19.0. The molecule has 1 atom stereocenters. The van der Waals surface area contributed by atoms with Crippen LogP contribution in [0.5, 0.6) is 0 Å². The summed E-state index contributed by atoms with van der Waals surface area (Å²) in [5.74, 6) is 0.924. The van der Waals surface area contributed by atoms with Crippen LogP contribution in [0.4, 0.5) is 4.39 Å². The Morgan fingerprint density at radius 2 is 2.26 bits per heavy atom. The van der Waals surface area contributed by atoms with Crippen LogP contribution in [0.2, 0.25) is 0 Å². The summed E-state index contributed by atoms with van der Waals surface area (Å²) in [5.41, 5.74) is 0.645. The molecule has 0 amide bonds. The molecule has 1 unspecified atom stereocenters. The molecule has 1 aromatic heterocycles. The molecule has 6 heteroatoms. The molecular weight excluding hydrogens is 265 g/mol. The molecular formula is C13H14FN3OS. The predicted octanol–water partition coefficient (Wildman–Crippen LogP) is 2.93. The first-order chi connectivity index (χ1) is 9.33. The van der Waals surface area contributed by atoms with Crippen LogP contribution in [0.25, 0.3) is 0 Å². The second-order valence-electron chi connectivity index (χ2n) is 4.44. The number of nitrogens with zero attached hydrogens (tertiary/aromatic N) is 2. The maximum absolute atomic E-state index is 13.5. The van der Waals surface area contributed by atoms with Gasteiger partial charge < -0.3 is 9.73 Å². The Balaban J connectivity index is 1.63. The summed E-state index contributed by atoms with van der Waals surface area (Å²) >= 11 is 1.36. The molecule has 1 aliphatic rings. The van der Waals surface area contributed by atoms with Crippen molar-refractivity contribution in [3.63, 3.8) is 0 Å². The standard InChI is InChI=1S/C13H14FN3OS/c14-10-5-2-1-4-9(10)8-19-13-17-16-12(18-13)11-6-3-7-15-11/h1-2,4-5,11,15H,3,6-8H2. The highest BCUT2D eigenvalue weighted by atomic mass is 32.2. The molecule has 1 N–H and O–H groups in total. The third kappa shape index (κ3) is 2.96. The Hall–Kier alpha value is -1.40. The van der Waals surface area contributed by atoms with Crippen molar-refractivity contribution < 1.29 is 8.81 Å². The smallest absolute Gasteiger partial charge is 0.276 e. The van der Waals surface area contributed by atoms with Crippen molar-refractivity contribution in [3.05, 3.63) is 41.5 Å². The van der Waals surface area contributed by atoms with Gasteiger partial charge in [-0.1, -0.05) is 30.0 Å². The molecule has 0 bridgehead atoms. The van der Waals surface area contributed by atoms with Gasteiger partial charge in [-0.3, -0.25) is 0 Å². The van der Waals surface area contributed by atoms with Crippen LogP contribution >= 0.6 is 11.8 Å². The number of halogens is 1. The first-order valence-corrected chi connectivity index (χ1v) is 7.24. The molecule has 2 aromatic rings. The Morgan fingerprint density at radius 3 is 3.05 bits per heavy atom. The van der Waals surface area contributed by atoms with Crippen molar-refractivity contribution in [2.45, 2.75) is 29.9 Å². The Labute approximate surface area is 114 Å². The molecule has 3 rings (SSSR count). The number of hydrogen-bond acceptors (Lipinski definition) is 5. The van der Waals surface area contributed by atoms with Crippen LogP contribution < -0.4 is 5.32 Å². The number of hydrogen-bond donors (Lipinski definition) is 1. The second-order valence-corrected chi connectivity index (χ2v) is 5.36. The fourth-order valence-electron chi connectivity index (χ4n) is 2.07. The van der Waals surface area contributed by atoms with Crippen LogP contribution in [0, 0.1) is 5.82 Å². The van der Waals surface area contributed by atoms with E-state index in [1.807, 2.05) is 6.07 Å². The predicted molar refractivity (Wildman–Crippen MR) is 70.2 cm³/mol. The van der Waals surface area contributed by atoms with Gasteiger partial charge in [0.15, 0.2) is 0 Å². The number of nitrogens with one attached hydrogen (secondary N) is 1. The van der Waals surface area contributed by atoms with Gasteiger partial charge in [0, 0.05) is 5.75 Å². The fraction of sp³-hybridized carbons (Fsp3) is 0.385. The molecule has 1 aliphatic heterocycles. The summed E-state index contributed by atoms with van der Waals surface area (Å²) in [7, 11) is 0. The van der Waals surface area contributed by atoms with E-state index in [1.54, 1.807) is 12.1 Å². The average Bonchev–Trinajstić information content (AvgIpc) is 3.09. The lowest BCUT2D eigenvalue weighted by atomic mass is 10.2. The van der Waals surface area contributed by atoms with E-state index < -0.39 is 0 Å². The first kappa shape index (κ1) is 12.6. The molecule has 1 fully saturated rings. The number of rotatable bonds is 4. The molecule has 0 saturated carbocycles. The number of aromatic nitrogens is 2. The largest absolute Gasteiger partial charge is 0.414 e. The lowest BCUT2D eigenvalue weighted by molar-refractivity contribution is 0.374. The number of benzene rings is 1. The van der Waals surface area contributed by atoms with Crippen molar-refractivity contribution in [1.29, 1.82) is 0 Å². The topological polar surface area (TPSA) is 51.0 Å². The summed E-state index contributed by atoms with van der Waals surface area (Å²) in [5, 5.41) is 11.8. The van der Waals surface area contributed by atoms with Crippen LogP contribution in [-0.4, -0.2) is 16.7 Å². The minimum absolute atomic E-state index is 0.176. The van der Waals surface area contributed by atoms with E-state index in [2.05, 4.69) is 15.5 Å². The molecule has 0 radical (unpaired) electrons. The van der Waals surface area contributed by atoms with Crippen LogP contribution in [-0.2, 0) is 5.75 Å². The molecule has 1 saturated heterocycles. The highest BCUT2D eigenvalue weighted by Crippen LogP contribution is 2.27. The highest BCUT2D eigenvalue weighted by molar-refractivity contribution is 7.98. The van der Waals surface area contributed by atoms with E-state index >= 15 is 0 Å². The van der Waals surface area contributed by atoms with Gasteiger partial charge in [-0.25, -0.2) is 4.39 Å².